The minimum Gasteiger partial charge on any atom is -0.507 e. The van der Waals surface area contributed by atoms with Gasteiger partial charge in [0.1, 0.15) is 17.4 Å². The van der Waals surface area contributed by atoms with E-state index in [4.69, 9.17) is 0 Å². The Hall–Kier alpha value is -3.61. The highest BCUT2D eigenvalue weighted by Crippen LogP contribution is 2.28. The summed E-state index contributed by atoms with van der Waals surface area (Å²) < 4.78 is 27.0. The summed E-state index contributed by atoms with van der Waals surface area (Å²) in [6.45, 7) is 0. The summed E-state index contributed by atoms with van der Waals surface area (Å²) in [7, 11) is 0. The first-order valence-electron chi connectivity index (χ1n) is 7.57. The predicted octanol–water partition coefficient (Wildman–Crippen LogP) is 3.50. The maximum atomic E-state index is 13.9. The Morgan fingerprint density at radius 3 is 2.69 bits per heavy atom. The highest BCUT2D eigenvalue weighted by atomic mass is 19.1. The van der Waals surface area contributed by atoms with Gasteiger partial charge in [0.15, 0.2) is 0 Å². The molecule has 0 radical (unpaired) electrons. The maximum absolute atomic E-state index is 13.9. The molecular weight excluding hydrogens is 340 g/mol. The Morgan fingerprint density at radius 2 is 1.96 bits per heavy atom. The smallest absolute Gasteiger partial charge is 0.275 e. The van der Waals surface area contributed by atoms with Crippen molar-refractivity contribution in [3.63, 3.8) is 0 Å². The third-order valence-electron chi connectivity index (χ3n) is 3.53. The van der Waals surface area contributed by atoms with Crippen LogP contribution in [0, 0.1) is 11.6 Å². The number of nitrogens with zero attached hydrogens (tertiary/aromatic N) is 2. The lowest BCUT2D eigenvalue weighted by Crippen LogP contribution is -2.18. The lowest BCUT2D eigenvalue weighted by atomic mass is 10.0. The van der Waals surface area contributed by atoms with Crippen molar-refractivity contribution in [2.45, 2.75) is 0 Å². The number of phenols is 1. The fourth-order valence-corrected chi connectivity index (χ4v) is 2.28. The van der Waals surface area contributed by atoms with Crippen LogP contribution < -0.4 is 5.43 Å². The molecule has 0 saturated heterocycles. The molecule has 3 rings (SSSR count). The van der Waals surface area contributed by atoms with E-state index >= 15 is 0 Å². The zero-order valence-electron chi connectivity index (χ0n) is 13.4. The molecule has 0 atom stereocenters. The molecule has 0 fully saturated rings. The molecule has 0 unspecified atom stereocenters. The molecule has 0 spiro atoms. The number of amides is 1. The quantitative estimate of drug-likeness (QED) is 0.557. The summed E-state index contributed by atoms with van der Waals surface area (Å²) in [4.78, 5) is 16.2. The van der Waals surface area contributed by atoms with Crippen LogP contribution in [0.2, 0.25) is 0 Å². The van der Waals surface area contributed by atoms with Crippen LogP contribution in [0.3, 0.4) is 0 Å². The molecule has 0 aliphatic carbocycles. The second kappa shape index (κ2) is 7.52. The number of hydrogen-bond donors (Lipinski definition) is 2. The fourth-order valence-electron chi connectivity index (χ4n) is 2.28. The Morgan fingerprint density at radius 1 is 1.12 bits per heavy atom. The molecule has 26 heavy (non-hydrogen) atoms. The first-order valence-corrected chi connectivity index (χ1v) is 7.57. The monoisotopic (exact) mass is 353 g/mol. The van der Waals surface area contributed by atoms with Gasteiger partial charge in [-0.1, -0.05) is 12.1 Å². The molecule has 1 heterocycles. The summed E-state index contributed by atoms with van der Waals surface area (Å²) in [6, 6.07) is 12.3. The SMILES string of the molecule is O=C(NN=Cc1ccccn1)c1cc(-c2ccc(F)cc2F)ccc1O. The second-order valence-corrected chi connectivity index (χ2v) is 5.31. The van der Waals surface area contributed by atoms with Gasteiger partial charge in [-0.2, -0.15) is 5.10 Å². The van der Waals surface area contributed by atoms with Gasteiger partial charge in [0.25, 0.3) is 5.91 Å². The molecule has 0 bridgehead atoms. The van der Waals surface area contributed by atoms with E-state index in [9.17, 15) is 18.7 Å². The molecule has 2 aromatic carbocycles. The van der Waals surface area contributed by atoms with Crippen LogP contribution in [0.25, 0.3) is 11.1 Å². The van der Waals surface area contributed by atoms with Crippen LogP contribution in [0.15, 0.2) is 65.9 Å². The van der Waals surface area contributed by atoms with E-state index < -0.39 is 17.5 Å². The Kier molecular flexibility index (Phi) is 4.98. The standard InChI is InChI=1S/C19H13F2N3O2/c20-13-5-6-15(17(21)10-13)12-4-7-18(25)16(9-12)19(26)24-23-11-14-3-1-2-8-22-14/h1-11,25H,(H,24,26). The lowest BCUT2D eigenvalue weighted by Gasteiger charge is -2.08. The zero-order valence-corrected chi connectivity index (χ0v) is 13.4. The van der Waals surface area contributed by atoms with Crippen LogP contribution in [0.5, 0.6) is 5.75 Å². The van der Waals surface area contributed by atoms with Crippen molar-refractivity contribution in [3.8, 4) is 16.9 Å². The van der Waals surface area contributed by atoms with Crippen LogP contribution in [-0.4, -0.2) is 22.2 Å². The van der Waals surface area contributed by atoms with Gasteiger partial charge in [0.05, 0.1) is 17.5 Å². The highest BCUT2D eigenvalue weighted by molar-refractivity contribution is 5.98. The third-order valence-corrected chi connectivity index (χ3v) is 3.53. The predicted molar refractivity (Wildman–Crippen MR) is 92.8 cm³/mol. The molecule has 2 N–H and O–H groups in total. The van der Waals surface area contributed by atoms with Crippen LogP contribution in [0.1, 0.15) is 16.1 Å². The van der Waals surface area contributed by atoms with E-state index in [0.717, 1.165) is 12.1 Å². The molecule has 0 aliphatic rings. The van der Waals surface area contributed by atoms with Gasteiger partial charge >= 0.3 is 0 Å². The summed E-state index contributed by atoms with van der Waals surface area (Å²) in [5.41, 5.74) is 3.14. The average molecular weight is 353 g/mol. The van der Waals surface area contributed by atoms with Gasteiger partial charge in [0.2, 0.25) is 0 Å². The fraction of sp³-hybridized carbons (Fsp3) is 0. The number of benzene rings is 2. The third kappa shape index (κ3) is 3.89. The number of rotatable bonds is 4. The van der Waals surface area contributed by atoms with Gasteiger partial charge in [-0.3, -0.25) is 9.78 Å². The largest absolute Gasteiger partial charge is 0.507 e. The van der Waals surface area contributed by atoms with E-state index in [0.29, 0.717) is 11.3 Å². The van der Waals surface area contributed by atoms with Gasteiger partial charge in [-0.15, -0.1) is 0 Å². The minimum absolute atomic E-state index is 0.0932. The van der Waals surface area contributed by atoms with Crippen LogP contribution in [0.4, 0.5) is 8.78 Å². The average Bonchev–Trinajstić information content (AvgIpc) is 2.63. The number of carbonyl (C=O) groups is 1. The molecule has 0 saturated carbocycles. The van der Waals surface area contributed by atoms with Crippen LogP contribution >= 0.6 is 0 Å². The number of phenolic OH excluding ortho intramolecular Hbond substituents is 1. The molecule has 1 amide bonds. The minimum atomic E-state index is -0.768. The van der Waals surface area contributed by atoms with E-state index in [-0.39, 0.29) is 16.9 Å². The van der Waals surface area contributed by atoms with E-state index in [1.807, 2.05) is 0 Å². The van der Waals surface area contributed by atoms with Gasteiger partial charge in [-0.25, -0.2) is 14.2 Å². The molecule has 3 aromatic rings. The number of carbonyl (C=O) groups excluding carboxylic acids is 1. The van der Waals surface area contributed by atoms with E-state index in [1.54, 1.807) is 24.4 Å². The summed E-state index contributed by atoms with van der Waals surface area (Å²) in [6.07, 6.45) is 2.92. The Balaban J connectivity index is 1.83. The van der Waals surface area contributed by atoms with Crippen molar-refractivity contribution in [3.05, 3.63) is 83.7 Å². The van der Waals surface area contributed by atoms with E-state index in [1.165, 1.54) is 30.5 Å². The Labute approximate surface area is 147 Å². The number of nitrogens with one attached hydrogen (secondary N) is 1. The van der Waals surface area contributed by atoms with Gasteiger partial charge in [-0.05, 0) is 42.0 Å². The summed E-state index contributed by atoms with van der Waals surface area (Å²) in [5.74, 6) is -2.44. The van der Waals surface area contributed by atoms with Crippen molar-refractivity contribution >= 4 is 12.1 Å². The normalized spacial score (nSPS) is 10.8. The van der Waals surface area contributed by atoms with Crippen LogP contribution in [-0.2, 0) is 0 Å². The van der Waals surface area contributed by atoms with Gasteiger partial charge in [0, 0.05) is 17.8 Å². The zero-order chi connectivity index (χ0) is 18.5. The lowest BCUT2D eigenvalue weighted by molar-refractivity contribution is 0.0952. The summed E-state index contributed by atoms with van der Waals surface area (Å²) in [5, 5.41) is 13.7. The van der Waals surface area contributed by atoms with Gasteiger partial charge < -0.3 is 5.11 Å². The highest BCUT2D eigenvalue weighted by Gasteiger charge is 2.14. The van der Waals surface area contributed by atoms with E-state index in [2.05, 4.69) is 15.5 Å². The molecule has 7 heteroatoms. The molecule has 0 aliphatic heterocycles. The number of aromatic nitrogens is 1. The number of hydrogen-bond acceptors (Lipinski definition) is 4. The van der Waals surface area contributed by atoms with Crippen molar-refractivity contribution in [2.75, 3.05) is 0 Å². The topological polar surface area (TPSA) is 74.6 Å². The number of aromatic hydroxyl groups is 1. The molecule has 130 valence electrons. The van der Waals surface area contributed by atoms with Crippen molar-refractivity contribution in [1.82, 2.24) is 10.4 Å². The van der Waals surface area contributed by atoms with Crippen molar-refractivity contribution < 1.29 is 18.7 Å². The number of pyridine rings is 1. The summed E-state index contributed by atoms with van der Waals surface area (Å²) >= 11 is 0. The maximum Gasteiger partial charge on any atom is 0.275 e. The first kappa shape index (κ1) is 17.2. The number of hydrazone groups is 1. The molecule has 1 aromatic heterocycles. The Bertz CT molecular complexity index is 976. The second-order valence-electron chi connectivity index (χ2n) is 5.31. The molecule has 5 nitrogen and oxygen atoms in total. The number of halogens is 2. The first-order chi connectivity index (χ1) is 12.5. The van der Waals surface area contributed by atoms with Crippen molar-refractivity contribution in [1.29, 1.82) is 0 Å². The van der Waals surface area contributed by atoms with Crippen molar-refractivity contribution in [2.24, 2.45) is 5.10 Å². The molecular formula is C19H13F2N3O2.